The molecule has 1 aromatic rings. The van der Waals surface area contributed by atoms with E-state index < -0.39 is 0 Å². The van der Waals surface area contributed by atoms with Gasteiger partial charge in [-0.3, -0.25) is 4.68 Å². The highest BCUT2D eigenvalue weighted by Gasteiger charge is 2.27. The summed E-state index contributed by atoms with van der Waals surface area (Å²) in [6.45, 7) is 22.1. The van der Waals surface area contributed by atoms with Crippen molar-refractivity contribution in [2.24, 2.45) is 23.2 Å². The van der Waals surface area contributed by atoms with E-state index in [0.717, 1.165) is 66.6 Å². The van der Waals surface area contributed by atoms with Crippen molar-refractivity contribution < 1.29 is 4.74 Å². The fourth-order valence-electron chi connectivity index (χ4n) is 3.92. The van der Waals surface area contributed by atoms with Crippen LogP contribution in [0, 0.1) is 12.8 Å². The number of nitrogens with zero attached hydrogens (tertiary/aromatic N) is 5. The van der Waals surface area contributed by atoms with Gasteiger partial charge in [-0.15, -0.1) is 0 Å². The molecular formula is C28H47N5O. The van der Waals surface area contributed by atoms with Gasteiger partial charge >= 0.3 is 0 Å². The Morgan fingerprint density at radius 3 is 2.24 bits per heavy atom. The highest BCUT2D eigenvalue weighted by molar-refractivity contribution is 6.00. The van der Waals surface area contributed by atoms with E-state index in [2.05, 4.69) is 80.0 Å². The number of aryl methyl sites for hydroxylation is 2. The van der Waals surface area contributed by atoms with Gasteiger partial charge in [0, 0.05) is 37.3 Å². The van der Waals surface area contributed by atoms with Gasteiger partial charge in [-0.05, 0) is 76.4 Å². The fourth-order valence-corrected chi connectivity index (χ4v) is 3.92. The molecule has 1 saturated heterocycles. The van der Waals surface area contributed by atoms with Gasteiger partial charge in [-0.2, -0.15) is 15.3 Å². The average Bonchev–Trinajstić information content (AvgIpc) is 3.11. The van der Waals surface area contributed by atoms with Gasteiger partial charge in [0.15, 0.2) is 0 Å². The Kier molecular flexibility index (Phi) is 12.8. The monoisotopic (exact) mass is 469 g/mol. The zero-order valence-corrected chi connectivity index (χ0v) is 23.5. The predicted molar refractivity (Wildman–Crippen MR) is 147 cm³/mol. The molecule has 34 heavy (non-hydrogen) atoms. The Morgan fingerprint density at radius 1 is 1.12 bits per heavy atom. The Bertz CT molecular complexity index is 940. The molecule has 0 amide bonds. The van der Waals surface area contributed by atoms with E-state index in [-0.39, 0.29) is 0 Å². The molecule has 0 aliphatic carbocycles. The first kappa shape index (κ1) is 29.6. The van der Waals surface area contributed by atoms with E-state index >= 15 is 0 Å². The Morgan fingerprint density at radius 2 is 1.76 bits per heavy atom. The van der Waals surface area contributed by atoms with Gasteiger partial charge in [0.05, 0.1) is 24.2 Å². The Hall–Kier alpha value is -2.47. The zero-order chi connectivity index (χ0) is 25.8. The molecule has 0 bridgehead atoms. The van der Waals surface area contributed by atoms with Crippen molar-refractivity contribution in [1.82, 2.24) is 14.7 Å². The lowest BCUT2D eigenvalue weighted by Crippen LogP contribution is -2.49. The summed E-state index contributed by atoms with van der Waals surface area (Å²) in [7, 11) is 3.70. The molecule has 2 heterocycles. The number of hydrogen-bond acceptors (Lipinski definition) is 5. The first-order chi connectivity index (χ1) is 16.2. The summed E-state index contributed by atoms with van der Waals surface area (Å²) in [6.07, 6.45) is 6.03. The van der Waals surface area contributed by atoms with E-state index in [9.17, 15) is 0 Å². The van der Waals surface area contributed by atoms with Gasteiger partial charge in [-0.25, -0.2) is 0 Å². The Balaban J connectivity index is 0.00000281. The normalized spacial score (nSPS) is 17.1. The zero-order valence-electron chi connectivity index (χ0n) is 23.5. The lowest BCUT2D eigenvalue weighted by atomic mass is 9.96. The molecule has 0 N–H and O–H groups in total. The van der Waals surface area contributed by atoms with Gasteiger partial charge in [0.2, 0.25) is 0 Å². The van der Waals surface area contributed by atoms with Crippen LogP contribution in [-0.2, 0) is 11.8 Å². The maximum absolute atomic E-state index is 5.79. The summed E-state index contributed by atoms with van der Waals surface area (Å²) in [4.78, 5) is 2.42. The van der Waals surface area contributed by atoms with E-state index in [0.29, 0.717) is 5.92 Å². The third-order valence-electron chi connectivity index (χ3n) is 6.28. The van der Waals surface area contributed by atoms with E-state index in [1.54, 1.807) is 7.11 Å². The number of rotatable bonds is 10. The maximum atomic E-state index is 5.79. The predicted octanol–water partition coefficient (Wildman–Crippen LogP) is 6.59. The van der Waals surface area contributed by atoms with Gasteiger partial charge in [-0.1, -0.05) is 34.6 Å². The summed E-state index contributed by atoms with van der Waals surface area (Å²) in [5.41, 5.74) is 7.65. The van der Waals surface area contributed by atoms with Crippen molar-refractivity contribution in [2.45, 2.75) is 75.2 Å². The van der Waals surface area contributed by atoms with Crippen molar-refractivity contribution >= 4 is 17.5 Å². The van der Waals surface area contributed by atoms with Crippen LogP contribution < -0.4 is 0 Å². The SMILES string of the molecule is CC.CCC(=C\C(OC)=C(C)\C(CC)=N\N=C(/C)C1CN(CC)C1)/C(C)=C/c1cc(C)nn1C. The van der Waals surface area contributed by atoms with Crippen LogP contribution in [-0.4, -0.2) is 52.8 Å². The fraction of sp³-hybridized carbons (Fsp3) is 0.607. The highest BCUT2D eigenvalue weighted by atomic mass is 16.5. The van der Waals surface area contributed by atoms with Crippen molar-refractivity contribution in [2.75, 3.05) is 26.7 Å². The molecule has 2 rings (SSSR count). The van der Waals surface area contributed by atoms with Crippen LogP contribution in [0.4, 0.5) is 0 Å². The van der Waals surface area contributed by atoms with Crippen LogP contribution in [0.15, 0.2) is 44.8 Å². The lowest BCUT2D eigenvalue weighted by Gasteiger charge is -2.38. The van der Waals surface area contributed by atoms with Crippen LogP contribution in [0.3, 0.4) is 0 Å². The second kappa shape index (κ2) is 14.7. The molecule has 6 heteroatoms. The maximum Gasteiger partial charge on any atom is 0.123 e. The van der Waals surface area contributed by atoms with Crippen molar-refractivity contribution in [3.05, 3.63) is 46.0 Å². The second-order valence-corrected chi connectivity index (χ2v) is 8.57. The summed E-state index contributed by atoms with van der Waals surface area (Å²) in [5, 5.41) is 13.6. The smallest absolute Gasteiger partial charge is 0.123 e. The quantitative estimate of drug-likeness (QED) is 0.168. The number of methoxy groups -OCH3 is 1. The van der Waals surface area contributed by atoms with E-state index in [4.69, 9.17) is 4.74 Å². The largest absolute Gasteiger partial charge is 0.496 e. The molecule has 1 aliphatic rings. The molecule has 0 saturated carbocycles. The molecule has 1 fully saturated rings. The first-order valence-electron chi connectivity index (χ1n) is 12.7. The molecule has 1 aliphatic heterocycles. The molecule has 0 atom stereocenters. The molecule has 190 valence electrons. The van der Waals surface area contributed by atoms with E-state index in [1.165, 1.54) is 11.1 Å². The van der Waals surface area contributed by atoms with Gasteiger partial charge < -0.3 is 9.64 Å². The minimum absolute atomic E-state index is 0.526. The van der Waals surface area contributed by atoms with Crippen LogP contribution >= 0.6 is 0 Å². The molecule has 0 unspecified atom stereocenters. The minimum atomic E-state index is 0.526. The molecule has 0 aromatic carbocycles. The number of likely N-dealkylation sites (tertiary alicyclic amines) is 1. The van der Waals surface area contributed by atoms with E-state index in [1.807, 2.05) is 32.5 Å². The standard InChI is InChI=1S/C26H41N5O.C2H6/c1-10-22(18(4)13-24-14-19(5)29-30(24)8)15-26(32-9)20(6)25(11-2)28-27-21(7)23-16-31(12-3)17-23;1-2/h13-15,23H,10-12,16-17H2,1-9H3;1-2H3/b18-13+,22-15+,26-20-,27-21+,28-25+;. The molecule has 6 nitrogen and oxygen atoms in total. The number of hydrogen-bond donors (Lipinski definition) is 0. The summed E-state index contributed by atoms with van der Waals surface area (Å²) in [6, 6.07) is 2.10. The topological polar surface area (TPSA) is 55.0 Å². The van der Waals surface area contributed by atoms with Crippen LogP contribution in [0.1, 0.15) is 79.6 Å². The second-order valence-electron chi connectivity index (χ2n) is 8.57. The number of allylic oxidation sites excluding steroid dienone is 4. The Labute approximate surface area is 208 Å². The third-order valence-corrected chi connectivity index (χ3v) is 6.28. The summed E-state index contributed by atoms with van der Waals surface area (Å²) >= 11 is 0. The van der Waals surface area contributed by atoms with Crippen LogP contribution in [0.25, 0.3) is 6.08 Å². The van der Waals surface area contributed by atoms with Gasteiger partial charge in [0.1, 0.15) is 5.76 Å². The third kappa shape index (κ3) is 8.08. The molecular weight excluding hydrogens is 422 g/mol. The number of aromatic nitrogens is 2. The lowest BCUT2D eigenvalue weighted by molar-refractivity contribution is 0.150. The van der Waals surface area contributed by atoms with Crippen LogP contribution in [0.2, 0.25) is 0 Å². The number of ether oxygens (including phenoxy) is 1. The van der Waals surface area contributed by atoms with Crippen molar-refractivity contribution in [3.63, 3.8) is 0 Å². The summed E-state index contributed by atoms with van der Waals surface area (Å²) < 4.78 is 7.70. The molecule has 0 spiro atoms. The highest BCUT2D eigenvalue weighted by Crippen LogP contribution is 2.22. The first-order valence-corrected chi connectivity index (χ1v) is 12.7. The van der Waals surface area contributed by atoms with Gasteiger partial charge in [0.25, 0.3) is 0 Å². The summed E-state index contributed by atoms with van der Waals surface area (Å²) in [5.74, 6) is 1.36. The molecule has 1 aromatic heterocycles. The van der Waals surface area contributed by atoms with Crippen molar-refractivity contribution in [1.29, 1.82) is 0 Å². The molecule has 0 radical (unpaired) electrons. The average molecular weight is 470 g/mol. The van der Waals surface area contributed by atoms with Crippen LogP contribution in [0.5, 0.6) is 0 Å². The van der Waals surface area contributed by atoms with Crippen molar-refractivity contribution in [3.8, 4) is 0 Å². The minimum Gasteiger partial charge on any atom is -0.496 e.